The topological polar surface area (TPSA) is 37.8 Å². The van der Waals surface area contributed by atoms with Gasteiger partial charge < -0.3 is 5.32 Å². The van der Waals surface area contributed by atoms with E-state index in [0.29, 0.717) is 0 Å². The van der Waals surface area contributed by atoms with E-state index >= 15 is 0 Å². The first kappa shape index (κ1) is 14.2. The SMILES string of the molecule is CCNCCCc1nnc(-c2ccc(CC)cc2)s1. The Hall–Kier alpha value is -1.26. The average molecular weight is 275 g/mol. The fraction of sp³-hybridized carbons (Fsp3) is 0.467. The van der Waals surface area contributed by atoms with Gasteiger partial charge in [-0.1, -0.05) is 49.4 Å². The number of nitrogens with one attached hydrogen (secondary N) is 1. The van der Waals surface area contributed by atoms with E-state index in [1.54, 1.807) is 11.3 Å². The molecule has 0 bridgehead atoms. The highest BCUT2D eigenvalue weighted by atomic mass is 32.1. The molecule has 4 heteroatoms. The van der Waals surface area contributed by atoms with E-state index in [9.17, 15) is 0 Å². The third-order valence-electron chi connectivity index (χ3n) is 3.07. The van der Waals surface area contributed by atoms with Gasteiger partial charge in [-0.3, -0.25) is 0 Å². The second kappa shape index (κ2) is 7.36. The van der Waals surface area contributed by atoms with Gasteiger partial charge in [-0.05, 0) is 31.5 Å². The molecule has 1 N–H and O–H groups in total. The van der Waals surface area contributed by atoms with Gasteiger partial charge in [0, 0.05) is 12.0 Å². The molecule has 0 radical (unpaired) electrons. The van der Waals surface area contributed by atoms with Crippen LogP contribution in [0.15, 0.2) is 24.3 Å². The van der Waals surface area contributed by atoms with Gasteiger partial charge in [0.25, 0.3) is 0 Å². The molecule has 0 atom stereocenters. The lowest BCUT2D eigenvalue weighted by Gasteiger charge is -1.98. The molecule has 2 aromatic rings. The molecule has 102 valence electrons. The Morgan fingerprint density at radius 2 is 1.89 bits per heavy atom. The second-order valence-corrected chi connectivity index (χ2v) is 5.57. The molecule has 0 saturated carbocycles. The highest BCUT2D eigenvalue weighted by Crippen LogP contribution is 2.24. The summed E-state index contributed by atoms with van der Waals surface area (Å²) in [5.41, 5.74) is 2.53. The number of aromatic nitrogens is 2. The molecule has 2 rings (SSSR count). The first-order valence-corrected chi connectivity index (χ1v) is 7.77. The minimum absolute atomic E-state index is 1.01. The zero-order valence-electron chi connectivity index (χ0n) is 11.6. The van der Waals surface area contributed by atoms with E-state index in [1.807, 2.05) is 0 Å². The summed E-state index contributed by atoms with van der Waals surface area (Å²) in [4.78, 5) is 0. The van der Waals surface area contributed by atoms with Crippen molar-refractivity contribution in [2.24, 2.45) is 0 Å². The van der Waals surface area contributed by atoms with Crippen LogP contribution in [0, 0.1) is 0 Å². The Morgan fingerprint density at radius 3 is 2.58 bits per heavy atom. The van der Waals surface area contributed by atoms with E-state index in [1.165, 1.54) is 11.1 Å². The predicted octanol–water partition coefficient (Wildman–Crippen LogP) is 3.31. The van der Waals surface area contributed by atoms with Crippen LogP contribution >= 0.6 is 11.3 Å². The minimum atomic E-state index is 1.01. The summed E-state index contributed by atoms with van der Waals surface area (Å²) in [5, 5.41) is 14.0. The molecule has 0 aliphatic rings. The van der Waals surface area contributed by atoms with E-state index < -0.39 is 0 Å². The van der Waals surface area contributed by atoms with Crippen LogP contribution in [0.25, 0.3) is 10.6 Å². The van der Waals surface area contributed by atoms with Crippen LogP contribution in [-0.2, 0) is 12.8 Å². The summed E-state index contributed by atoms with van der Waals surface area (Å²) in [5.74, 6) is 0. The van der Waals surface area contributed by atoms with Gasteiger partial charge in [-0.15, -0.1) is 10.2 Å². The Bertz CT molecular complexity index is 490. The van der Waals surface area contributed by atoms with Crippen LogP contribution in [0.2, 0.25) is 0 Å². The molecule has 1 aromatic heterocycles. The van der Waals surface area contributed by atoms with Crippen molar-refractivity contribution in [1.29, 1.82) is 0 Å². The van der Waals surface area contributed by atoms with E-state index in [0.717, 1.165) is 42.4 Å². The molecule has 19 heavy (non-hydrogen) atoms. The van der Waals surface area contributed by atoms with Crippen molar-refractivity contribution < 1.29 is 0 Å². The minimum Gasteiger partial charge on any atom is -0.317 e. The molecule has 0 aliphatic carbocycles. The summed E-state index contributed by atoms with van der Waals surface area (Å²) in [6.07, 6.45) is 3.21. The lowest BCUT2D eigenvalue weighted by molar-refractivity contribution is 0.669. The monoisotopic (exact) mass is 275 g/mol. The quantitative estimate of drug-likeness (QED) is 0.788. The molecular formula is C15H21N3S. The zero-order chi connectivity index (χ0) is 13.5. The van der Waals surface area contributed by atoms with Crippen LogP contribution < -0.4 is 5.32 Å². The Morgan fingerprint density at radius 1 is 1.11 bits per heavy atom. The maximum absolute atomic E-state index is 4.29. The number of rotatable bonds is 7. The number of hydrogen-bond donors (Lipinski definition) is 1. The van der Waals surface area contributed by atoms with Crippen LogP contribution in [0.5, 0.6) is 0 Å². The normalized spacial score (nSPS) is 10.8. The predicted molar refractivity (Wildman–Crippen MR) is 81.6 cm³/mol. The van der Waals surface area contributed by atoms with Gasteiger partial charge in [-0.25, -0.2) is 0 Å². The van der Waals surface area contributed by atoms with Crippen LogP contribution in [-0.4, -0.2) is 23.3 Å². The number of nitrogens with zero attached hydrogens (tertiary/aromatic N) is 2. The summed E-state index contributed by atoms with van der Waals surface area (Å²) in [7, 11) is 0. The molecule has 0 saturated heterocycles. The summed E-state index contributed by atoms with van der Waals surface area (Å²) in [6.45, 7) is 6.38. The third-order valence-corrected chi connectivity index (χ3v) is 4.10. The number of aryl methyl sites for hydroxylation is 2. The Balaban J connectivity index is 1.95. The van der Waals surface area contributed by atoms with Gasteiger partial charge in [0.1, 0.15) is 10.0 Å². The van der Waals surface area contributed by atoms with Crippen molar-refractivity contribution in [2.75, 3.05) is 13.1 Å². The Kier molecular flexibility index (Phi) is 5.48. The standard InChI is InChI=1S/C15H21N3S/c1-3-12-7-9-13(10-8-12)15-18-17-14(19-15)6-5-11-16-4-2/h7-10,16H,3-6,11H2,1-2H3. The molecule has 0 aliphatic heterocycles. The first-order chi connectivity index (χ1) is 9.33. The largest absolute Gasteiger partial charge is 0.317 e. The Labute approximate surface area is 119 Å². The summed E-state index contributed by atoms with van der Waals surface area (Å²) in [6, 6.07) is 8.62. The highest BCUT2D eigenvalue weighted by molar-refractivity contribution is 7.14. The van der Waals surface area contributed by atoms with Gasteiger partial charge in [0.05, 0.1) is 0 Å². The van der Waals surface area contributed by atoms with Gasteiger partial charge in [-0.2, -0.15) is 0 Å². The lowest BCUT2D eigenvalue weighted by atomic mass is 10.1. The van der Waals surface area contributed by atoms with Crippen molar-refractivity contribution in [2.45, 2.75) is 33.1 Å². The van der Waals surface area contributed by atoms with Crippen LogP contribution in [0.1, 0.15) is 30.8 Å². The van der Waals surface area contributed by atoms with Crippen molar-refractivity contribution in [1.82, 2.24) is 15.5 Å². The maximum atomic E-state index is 4.29. The summed E-state index contributed by atoms with van der Waals surface area (Å²) < 4.78 is 0. The van der Waals surface area contributed by atoms with Gasteiger partial charge >= 0.3 is 0 Å². The number of hydrogen-bond acceptors (Lipinski definition) is 4. The fourth-order valence-corrected chi connectivity index (χ4v) is 2.78. The highest BCUT2D eigenvalue weighted by Gasteiger charge is 2.06. The average Bonchev–Trinajstić information content (AvgIpc) is 2.92. The molecule has 1 aromatic carbocycles. The third kappa shape index (κ3) is 4.11. The smallest absolute Gasteiger partial charge is 0.147 e. The molecule has 0 amide bonds. The molecule has 1 heterocycles. The van der Waals surface area contributed by atoms with Crippen molar-refractivity contribution in [3.05, 3.63) is 34.8 Å². The van der Waals surface area contributed by atoms with Gasteiger partial charge in [0.15, 0.2) is 0 Å². The summed E-state index contributed by atoms with van der Waals surface area (Å²) >= 11 is 1.71. The van der Waals surface area contributed by atoms with Gasteiger partial charge in [0.2, 0.25) is 0 Å². The van der Waals surface area contributed by atoms with Crippen LogP contribution in [0.3, 0.4) is 0 Å². The first-order valence-electron chi connectivity index (χ1n) is 6.96. The lowest BCUT2D eigenvalue weighted by Crippen LogP contribution is -2.14. The fourth-order valence-electron chi connectivity index (χ4n) is 1.90. The molecule has 0 spiro atoms. The van der Waals surface area contributed by atoms with Crippen molar-refractivity contribution in [3.8, 4) is 10.6 Å². The van der Waals surface area contributed by atoms with E-state index in [2.05, 4.69) is 53.6 Å². The van der Waals surface area contributed by atoms with E-state index in [4.69, 9.17) is 0 Å². The van der Waals surface area contributed by atoms with Crippen molar-refractivity contribution >= 4 is 11.3 Å². The molecular weight excluding hydrogens is 254 g/mol. The van der Waals surface area contributed by atoms with E-state index in [-0.39, 0.29) is 0 Å². The number of benzene rings is 1. The maximum Gasteiger partial charge on any atom is 0.147 e. The zero-order valence-corrected chi connectivity index (χ0v) is 12.5. The van der Waals surface area contributed by atoms with Crippen LogP contribution in [0.4, 0.5) is 0 Å². The molecule has 0 fully saturated rings. The molecule has 0 unspecified atom stereocenters. The molecule has 3 nitrogen and oxygen atoms in total. The second-order valence-electron chi connectivity index (χ2n) is 4.51. The van der Waals surface area contributed by atoms with Crippen molar-refractivity contribution in [3.63, 3.8) is 0 Å².